The zero-order valence-electron chi connectivity index (χ0n) is 12.7. The third-order valence-corrected chi connectivity index (χ3v) is 7.01. The fraction of sp³-hybridized carbons (Fsp3) is 0.867. The van der Waals surface area contributed by atoms with Crippen LogP contribution in [-0.2, 0) is 0 Å². The molecule has 23 heavy (non-hydrogen) atoms. The number of aliphatic hydroxyl groups is 1. The average Bonchev–Trinajstić information content (AvgIpc) is 2.49. The summed E-state index contributed by atoms with van der Waals surface area (Å²) in [5.41, 5.74) is 0. The van der Waals surface area contributed by atoms with Crippen molar-refractivity contribution in [2.45, 2.75) is 55.9 Å². The number of halogens is 4. The minimum absolute atomic E-state index is 0.0425. The van der Waals surface area contributed by atoms with E-state index in [1.807, 2.05) is 11.0 Å². The van der Waals surface area contributed by atoms with Crippen LogP contribution in [-0.4, -0.2) is 46.1 Å². The third-order valence-electron chi connectivity index (χ3n) is 5.18. The van der Waals surface area contributed by atoms with Crippen LogP contribution in [0, 0.1) is 11.8 Å². The van der Waals surface area contributed by atoms with Crippen molar-refractivity contribution in [3.05, 3.63) is 10.7 Å². The van der Waals surface area contributed by atoms with Crippen molar-refractivity contribution in [2.75, 3.05) is 12.3 Å². The van der Waals surface area contributed by atoms with Gasteiger partial charge in [0.15, 0.2) is 0 Å². The predicted octanol–water partition coefficient (Wildman–Crippen LogP) is 3.65. The van der Waals surface area contributed by atoms with Gasteiger partial charge in [0.05, 0.1) is 15.9 Å². The van der Waals surface area contributed by atoms with E-state index in [4.69, 9.17) is 0 Å². The Morgan fingerprint density at radius 3 is 2.83 bits per heavy atom. The Balaban J connectivity index is 1.73. The van der Waals surface area contributed by atoms with Gasteiger partial charge in [0.2, 0.25) is 0 Å². The van der Waals surface area contributed by atoms with Gasteiger partial charge in [-0.2, -0.15) is 13.2 Å². The first-order valence-corrected chi connectivity index (χ1v) is 9.95. The number of nitrogens with one attached hydrogen (secondary N) is 1. The predicted molar refractivity (Wildman–Crippen MR) is 89.0 cm³/mol. The van der Waals surface area contributed by atoms with E-state index < -0.39 is 24.2 Å². The molecule has 3 nitrogen and oxygen atoms in total. The molecule has 0 aromatic carbocycles. The molecule has 5 unspecified atom stereocenters. The lowest BCUT2D eigenvalue weighted by Gasteiger charge is -2.48. The average molecular weight is 415 g/mol. The van der Waals surface area contributed by atoms with Gasteiger partial charge in [-0.15, -0.1) is 11.8 Å². The van der Waals surface area contributed by atoms with Gasteiger partial charge in [0, 0.05) is 18.3 Å². The van der Waals surface area contributed by atoms with Crippen LogP contribution in [0.3, 0.4) is 0 Å². The summed E-state index contributed by atoms with van der Waals surface area (Å²) >= 11 is 5.06. The third kappa shape index (κ3) is 4.02. The van der Waals surface area contributed by atoms with Gasteiger partial charge >= 0.3 is 6.18 Å². The Morgan fingerprint density at radius 1 is 1.35 bits per heavy atom. The second-order valence-electron chi connectivity index (χ2n) is 6.62. The molecule has 1 saturated carbocycles. The molecule has 3 aliphatic rings. The molecule has 132 valence electrons. The number of nitrogens with zero attached hydrogens (tertiary/aromatic N) is 1. The van der Waals surface area contributed by atoms with Gasteiger partial charge in [0.1, 0.15) is 6.23 Å². The number of hydrogen-bond donors (Lipinski definition) is 2. The molecule has 0 radical (unpaired) electrons. The van der Waals surface area contributed by atoms with Crippen LogP contribution in [0.2, 0.25) is 0 Å². The van der Waals surface area contributed by atoms with Crippen molar-refractivity contribution in [1.82, 2.24) is 10.2 Å². The van der Waals surface area contributed by atoms with Gasteiger partial charge in [-0.05, 0) is 41.1 Å². The molecule has 5 atom stereocenters. The van der Waals surface area contributed by atoms with Crippen LogP contribution in [0.1, 0.15) is 32.1 Å². The first-order valence-electron chi connectivity index (χ1n) is 8.10. The van der Waals surface area contributed by atoms with Crippen molar-refractivity contribution in [1.29, 1.82) is 0 Å². The minimum atomic E-state index is -4.13. The second kappa shape index (κ2) is 7.14. The van der Waals surface area contributed by atoms with Crippen molar-refractivity contribution >= 4 is 27.7 Å². The normalized spacial score (nSPS) is 39.3. The molecule has 2 heterocycles. The van der Waals surface area contributed by atoms with Crippen molar-refractivity contribution in [3.8, 4) is 0 Å². The van der Waals surface area contributed by atoms with E-state index in [-0.39, 0.29) is 17.8 Å². The Morgan fingerprint density at radius 2 is 2.09 bits per heavy atom. The molecule has 1 saturated heterocycles. The molecule has 2 aliphatic heterocycles. The first kappa shape index (κ1) is 17.9. The molecule has 2 N–H and O–H groups in total. The Kier molecular flexibility index (Phi) is 5.55. The van der Waals surface area contributed by atoms with E-state index in [9.17, 15) is 18.3 Å². The zero-order chi connectivity index (χ0) is 16.6. The summed E-state index contributed by atoms with van der Waals surface area (Å²) in [7, 11) is 0. The summed E-state index contributed by atoms with van der Waals surface area (Å²) in [5.74, 6) is -1.11. The van der Waals surface area contributed by atoms with Gasteiger partial charge in [0.25, 0.3) is 0 Å². The molecule has 0 amide bonds. The van der Waals surface area contributed by atoms with E-state index in [1.165, 1.54) is 0 Å². The highest BCUT2D eigenvalue weighted by Gasteiger charge is 2.47. The molecule has 8 heteroatoms. The van der Waals surface area contributed by atoms with Gasteiger partial charge in [-0.25, -0.2) is 0 Å². The lowest BCUT2D eigenvalue weighted by Crippen LogP contribution is -2.59. The summed E-state index contributed by atoms with van der Waals surface area (Å²) < 4.78 is 40.9. The van der Waals surface area contributed by atoms with Crippen LogP contribution in [0.15, 0.2) is 10.7 Å². The molecular formula is C15H22BrF3N2OS. The van der Waals surface area contributed by atoms with E-state index in [2.05, 4.69) is 21.2 Å². The molecule has 1 aliphatic carbocycles. The highest BCUT2D eigenvalue weighted by atomic mass is 79.9. The van der Waals surface area contributed by atoms with Crippen molar-refractivity contribution in [3.63, 3.8) is 0 Å². The molecule has 0 bridgehead atoms. The number of alkyl halides is 3. The highest BCUT2D eigenvalue weighted by Crippen LogP contribution is 2.43. The van der Waals surface area contributed by atoms with Crippen molar-refractivity contribution in [2.24, 2.45) is 11.8 Å². The molecule has 3 rings (SSSR count). The van der Waals surface area contributed by atoms with E-state index >= 15 is 0 Å². The van der Waals surface area contributed by atoms with Crippen LogP contribution in [0.25, 0.3) is 0 Å². The summed E-state index contributed by atoms with van der Waals surface area (Å²) in [5, 5.41) is 13.8. The van der Waals surface area contributed by atoms with E-state index in [0.717, 1.165) is 17.4 Å². The van der Waals surface area contributed by atoms with Gasteiger partial charge < -0.3 is 10.4 Å². The summed E-state index contributed by atoms with van der Waals surface area (Å²) in [4.78, 5) is 1.90. The number of hydrogen-bond acceptors (Lipinski definition) is 4. The quantitative estimate of drug-likeness (QED) is 0.676. The second-order valence-corrected chi connectivity index (χ2v) is 8.65. The number of rotatable bonds is 2. The SMILES string of the molecule is OC1CSC2NC(Br)=CCC2N1CC1CCCCC1C(F)(F)F. The maximum atomic E-state index is 13.3. The summed E-state index contributed by atoms with van der Waals surface area (Å²) in [6.07, 6.45) is 0.282. The number of aliphatic hydroxyl groups excluding tert-OH is 1. The molecular weight excluding hydrogens is 393 g/mol. The Hall–Kier alpha value is 0.0800. The molecule has 0 aromatic rings. The topological polar surface area (TPSA) is 35.5 Å². The van der Waals surface area contributed by atoms with E-state index in [0.29, 0.717) is 25.1 Å². The summed E-state index contributed by atoms with van der Waals surface area (Å²) in [6.45, 7) is 0.334. The number of thioether (sulfide) groups is 1. The van der Waals surface area contributed by atoms with Crippen molar-refractivity contribution < 1.29 is 18.3 Å². The largest absolute Gasteiger partial charge is 0.392 e. The minimum Gasteiger partial charge on any atom is -0.377 e. The number of fused-ring (bicyclic) bond motifs is 1. The Labute approximate surface area is 147 Å². The lowest BCUT2D eigenvalue weighted by molar-refractivity contribution is -0.201. The maximum Gasteiger partial charge on any atom is 0.392 e. The van der Waals surface area contributed by atoms with E-state index in [1.54, 1.807) is 11.8 Å². The van der Waals surface area contributed by atoms with Gasteiger partial charge in [-0.3, -0.25) is 4.90 Å². The van der Waals surface area contributed by atoms with Crippen LogP contribution in [0.5, 0.6) is 0 Å². The van der Waals surface area contributed by atoms with Crippen LogP contribution < -0.4 is 5.32 Å². The highest BCUT2D eigenvalue weighted by molar-refractivity contribution is 9.11. The molecule has 0 spiro atoms. The lowest BCUT2D eigenvalue weighted by atomic mass is 9.78. The fourth-order valence-electron chi connectivity index (χ4n) is 3.99. The van der Waals surface area contributed by atoms with Crippen LogP contribution in [0.4, 0.5) is 13.2 Å². The van der Waals surface area contributed by atoms with Crippen LogP contribution >= 0.6 is 27.7 Å². The standard InChI is InChI=1S/C15H22BrF3N2OS/c16-12-6-5-11-14(20-12)23-8-13(22)21(11)7-9-3-1-2-4-10(9)15(17,18)19/h6,9-11,13-14,20,22H,1-5,7-8H2. The maximum absolute atomic E-state index is 13.3. The smallest absolute Gasteiger partial charge is 0.377 e. The van der Waals surface area contributed by atoms with Gasteiger partial charge in [-0.1, -0.05) is 18.9 Å². The fourth-order valence-corrected chi connectivity index (χ4v) is 5.85. The monoisotopic (exact) mass is 414 g/mol. The molecule has 0 aromatic heterocycles. The Bertz CT molecular complexity index is 462. The zero-order valence-corrected chi connectivity index (χ0v) is 15.1. The summed E-state index contributed by atoms with van der Waals surface area (Å²) in [6, 6.07) is 0.0425. The molecule has 2 fully saturated rings. The first-order chi connectivity index (χ1) is 10.9.